The smallest absolute Gasteiger partial charge is 0.343 e. The Balaban J connectivity index is 1.71. The number of hydrogen-bond donors (Lipinski definition) is 3. The van der Waals surface area contributed by atoms with E-state index in [1.807, 2.05) is 12.3 Å². The van der Waals surface area contributed by atoms with Crippen LogP contribution >= 0.6 is 0 Å². The molecule has 0 atom stereocenters. The second kappa shape index (κ2) is 4.56. The molecule has 8 nitrogen and oxygen atoms in total. The van der Waals surface area contributed by atoms with Crippen LogP contribution in [0, 0.1) is 0 Å². The van der Waals surface area contributed by atoms with Crippen LogP contribution in [0.1, 0.15) is 5.82 Å². The summed E-state index contributed by atoms with van der Waals surface area (Å²) in [6.45, 7) is 0.634. The number of aromatic amines is 2. The molecular formula is C11H13N7O. The first-order valence-electron chi connectivity index (χ1n) is 5.88. The molecule has 0 aliphatic rings. The van der Waals surface area contributed by atoms with Gasteiger partial charge in [0.25, 0.3) is 0 Å². The minimum Gasteiger partial charge on any atom is -0.369 e. The third-order valence-corrected chi connectivity index (χ3v) is 2.97. The maximum atomic E-state index is 11.2. The van der Waals surface area contributed by atoms with Gasteiger partial charge in [-0.25, -0.2) is 19.9 Å². The molecule has 19 heavy (non-hydrogen) atoms. The Bertz CT molecular complexity index is 754. The first kappa shape index (κ1) is 11.5. The summed E-state index contributed by atoms with van der Waals surface area (Å²) in [5.41, 5.74) is 0.592. The summed E-state index contributed by atoms with van der Waals surface area (Å²) in [6, 6.07) is 1.92. The third kappa shape index (κ3) is 2.07. The summed E-state index contributed by atoms with van der Waals surface area (Å²) in [6.07, 6.45) is 3.96. The van der Waals surface area contributed by atoms with Crippen LogP contribution in [0.3, 0.4) is 0 Å². The molecule has 0 fully saturated rings. The van der Waals surface area contributed by atoms with Gasteiger partial charge in [-0.15, -0.1) is 0 Å². The Morgan fingerprint density at radius 1 is 1.42 bits per heavy atom. The van der Waals surface area contributed by atoms with Gasteiger partial charge < -0.3 is 10.3 Å². The van der Waals surface area contributed by atoms with Crippen LogP contribution < -0.4 is 11.0 Å². The van der Waals surface area contributed by atoms with Crippen LogP contribution in [0.4, 0.5) is 5.82 Å². The van der Waals surface area contributed by atoms with E-state index in [-0.39, 0.29) is 5.69 Å². The second-order valence-corrected chi connectivity index (χ2v) is 4.14. The van der Waals surface area contributed by atoms with Gasteiger partial charge in [0.2, 0.25) is 0 Å². The summed E-state index contributed by atoms with van der Waals surface area (Å²) in [5.74, 6) is 1.48. The maximum absolute atomic E-state index is 11.2. The molecule has 98 valence electrons. The Morgan fingerprint density at radius 3 is 3.11 bits per heavy atom. The summed E-state index contributed by atoms with van der Waals surface area (Å²) in [4.78, 5) is 22.6. The Hall–Kier alpha value is -2.64. The zero-order chi connectivity index (χ0) is 13.2. The van der Waals surface area contributed by atoms with Crippen molar-refractivity contribution in [1.29, 1.82) is 0 Å². The van der Waals surface area contributed by atoms with E-state index in [2.05, 4.69) is 30.5 Å². The highest BCUT2D eigenvalue weighted by atomic mass is 16.1. The molecule has 0 spiro atoms. The number of nitrogens with one attached hydrogen (secondary N) is 3. The van der Waals surface area contributed by atoms with Crippen molar-refractivity contribution in [2.24, 2.45) is 7.05 Å². The van der Waals surface area contributed by atoms with E-state index in [4.69, 9.17) is 0 Å². The monoisotopic (exact) mass is 259 g/mol. The molecular weight excluding hydrogens is 246 g/mol. The summed E-state index contributed by atoms with van der Waals surface area (Å²) in [7, 11) is 1.69. The molecule has 3 heterocycles. The van der Waals surface area contributed by atoms with Crippen molar-refractivity contribution >= 4 is 16.9 Å². The van der Waals surface area contributed by atoms with Crippen LogP contribution in [0.25, 0.3) is 11.0 Å². The fourth-order valence-electron chi connectivity index (χ4n) is 1.91. The zero-order valence-electron chi connectivity index (χ0n) is 10.3. The van der Waals surface area contributed by atoms with Crippen molar-refractivity contribution in [3.8, 4) is 0 Å². The van der Waals surface area contributed by atoms with E-state index in [1.165, 1.54) is 10.9 Å². The van der Waals surface area contributed by atoms with E-state index in [1.54, 1.807) is 7.05 Å². The highest BCUT2D eigenvalue weighted by Crippen LogP contribution is 2.16. The molecule has 0 bridgehead atoms. The van der Waals surface area contributed by atoms with E-state index in [0.29, 0.717) is 18.8 Å². The molecule has 0 saturated heterocycles. The van der Waals surface area contributed by atoms with Crippen molar-refractivity contribution in [3.63, 3.8) is 0 Å². The topological polar surface area (TPSA) is 104 Å². The number of H-pyrrole nitrogens is 2. The lowest BCUT2D eigenvalue weighted by Crippen LogP contribution is -2.16. The summed E-state index contributed by atoms with van der Waals surface area (Å²) >= 11 is 0. The second-order valence-electron chi connectivity index (χ2n) is 4.14. The van der Waals surface area contributed by atoms with E-state index >= 15 is 0 Å². The zero-order valence-corrected chi connectivity index (χ0v) is 10.3. The van der Waals surface area contributed by atoms with Crippen LogP contribution in [0.2, 0.25) is 0 Å². The van der Waals surface area contributed by atoms with Gasteiger partial charge in [-0.2, -0.15) is 5.10 Å². The van der Waals surface area contributed by atoms with Crippen molar-refractivity contribution in [1.82, 2.24) is 29.7 Å². The molecule has 0 amide bonds. The molecule has 3 aromatic heterocycles. The molecule has 0 unspecified atom stereocenters. The number of rotatable bonds is 4. The first-order chi connectivity index (χ1) is 9.25. The Labute approximate surface area is 107 Å². The molecule has 8 heteroatoms. The van der Waals surface area contributed by atoms with Crippen LogP contribution in [0.15, 0.2) is 23.4 Å². The first-order valence-corrected chi connectivity index (χ1v) is 5.88. The number of nitrogens with zero attached hydrogens (tertiary/aromatic N) is 4. The average molecular weight is 259 g/mol. The molecule has 0 aliphatic heterocycles. The van der Waals surface area contributed by atoms with Gasteiger partial charge in [-0.1, -0.05) is 0 Å². The van der Waals surface area contributed by atoms with Gasteiger partial charge in [0.15, 0.2) is 0 Å². The lowest BCUT2D eigenvalue weighted by Gasteiger charge is -2.05. The average Bonchev–Trinajstić information content (AvgIpc) is 3.00. The highest BCUT2D eigenvalue weighted by Gasteiger charge is 2.06. The van der Waals surface area contributed by atoms with Crippen LogP contribution in [-0.2, 0) is 13.5 Å². The lowest BCUT2D eigenvalue weighted by molar-refractivity contribution is 0.770. The van der Waals surface area contributed by atoms with Crippen molar-refractivity contribution in [3.05, 3.63) is 34.9 Å². The van der Waals surface area contributed by atoms with Gasteiger partial charge in [-0.05, 0) is 6.07 Å². The number of hydrogen-bond acceptors (Lipinski definition) is 5. The molecule has 0 radical (unpaired) electrons. The third-order valence-electron chi connectivity index (χ3n) is 2.97. The highest BCUT2D eigenvalue weighted by molar-refractivity contribution is 5.86. The SMILES string of the molecule is Cn1c(CCNc2ncnc3[nH]ccc23)n[nH]c1=O. The summed E-state index contributed by atoms with van der Waals surface area (Å²) < 4.78 is 1.49. The van der Waals surface area contributed by atoms with Gasteiger partial charge >= 0.3 is 5.69 Å². The number of anilines is 1. The number of aromatic nitrogens is 6. The van der Waals surface area contributed by atoms with E-state index in [0.717, 1.165) is 16.9 Å². The Kier molecular flexibility index (Phi) is 2.75. The fraction of sp³-hybridized carbons (Fsp3) is 0.273. The largest absolute Gasteiger partial charge is 0.369 e. The lowest BCUT2D eigenvalue weighted by atomic mass is 10.3. The quantitative estimate of drug-likeness (QED) is 0.613. The maximum Gasteiger partial charge on any atom is 0.343 e. The van der Waals surface area contributed by atoms with Gasteiger partial charge in [-0.3, -0.25) is 4.57 Å². The van der Waals surface area contributed by atoms with Gasteiger partial charge in [0, 0.05) is 26.2 Å². The van der Waals surface area contributed by atoms with Gasteiger partial charge in [0.1, 0.15) is 23.6 Å². The summed E-state index contributed by atoms with van der Waals surface area (Å²) in [5, 5.41) is 10.5. The normalized spacial score (nSPS) is 11.0. The standard InChI is InChI=1S/C11H13N7O/c1-18-8(16-17-11(18)19)3-5-13-10-7-2-4-12-9(7)14-6-15-10/h2,4,6H,3,5H2,1H3,(H,17,19)(H2,12,13,14,15). The van der Waals surface area contributed by atoms with Gasteiger partial charge in [0.05, 0.1) is 5.39 Å². The molecule has 0 aliphatic carbocycles. The minimum atomic E-state index is -0.204. The molecule has 3 N–H and O–H groups in total. The van der Waals surface area contributed by atoms with Crippen LogP contribution in [0.5, 0.6) is 0 Å². The molecule has 3 aromatic rings. The minimum absolute atomic E-state index is 0.204. The molecule has 0 aromatic carbocycles. The fourth-order valence-corrected chi connectivity index (χ4v) is 1.91. The van der Waals surface area contributed by atoms with Crippen LogP contribution in [-0.4, -0.2) is 36.3 Å². The van der Waals surface area contributed by atoms with Crippen molar-refractivity contribution < 1.29 is 0 Å². The predicted molar refractivity (Wildman–Crippen MR) is 69.9 cm³/mol. The molecule has 0 saturated carbocycles. The predicted octanol–water partition coefficient (Wildman–Crippen LogP) is 0.0343. The van der Waals surface area contributed by atoms with Crippen molar-refractivity contribution in [2.45, 2.75) is 6.42 Å². The van der Waals surface area contributed by atoms with E-state index < -0.39 is 0 Å². The van der Waals surface area contributed by atoms with Crippen molar-refractivity contribution in [2.75, 3.05) is 11.9 Å². The number of fused-ring (bicyclic) bond motifs is 1. The van der Waals surface area contributed by atoms with E-state index in [9.17, 15) is 4.79 Å². The Morgan fingerprint density at radius 2 is 2.32 bits per heavy atom. The molecule has 3 rings (SSSR count).